The standard InChI is InChI=1S/C25H27N3O4S/c1-18(2)26-25(30)22-11-7-8-12-23(22)27-24(29)17-28(20-15-13-19(3)14-16-20)33(31,32)21-9-5-4-6-10-21/h4-16,18H,17H2,1-3H3,(H,26,30)(H,27,29). The van der Waals surface area contributed by atoms with Crippen molar-refractivity contribution >= 4 is 33.2 Å². The normalized spacial score (nSPS) is 11.2. The maximum absolute atomic E-state index is 13.4. The third kappa shape index (κ3) is 5.98. The zero-order chi connectivity index (χ0) is 24.0. The van der Waals surface area contributed by atoms with Gasteiger partial charge in [0.25, 0.3) is 15.9 Å². The highest BCUT2D eigenvalue weighted by atomic mass is 32.2. The van der Waals surface area contributed by atoms with E-state index < -0.39 is 22.5 Å². The van der Waals surface area contributed by atoms with Gasteiger partial charge in [-0.05, 0) is 57.2 Å². The fraction of sp³-hybridized carbons (Fsp3) is 0.200. The number of carbonyl (C=O) groups excluding carboxylic acids is 2. The summed E-state index contributed by atoms with van der Waals surface area (Å²) in [4.78, 5) is 25.6. The molecule has 8 heteroatoms. The van der Waals surface area contributed by atoms with Crippen molar-refractivity contribution in [3.8, 4) is 0 Å². The molecule has 33 heavy (non-hydrogen) atoms. The summed E-state index contributed by atoms with van der Waals surface area (Å²) < 4.78 is 27.8. The van der Waals surface area contributed by atoms with Crippen LogP contribution in [0.1, 0.15) is 29.8 Å². The molecule has 7 nitrogen and oxygen atoms in total. The summed E-state index contributed by atoms with van der Waals surface area (Å²) in [6.07, 6.45) is 0. The average Bonchev–Trinajstić information content (AvgIpc) is 2.78. The Morgan fingerprint density at radius 3 is 2.12 bits per heavy atom. The van der Waals surface area contributed by atoms with Crippen molar-refractivity contribution in [3.05, 3.63) is 90.0 Å². The first kappa shape index (κ1) is 24.0. The zero-order valence-corrected chi connectivity index (χ0v) is 19.6. The van der Waals surface area contributed by atoms with Crippen molar-refractivity contribution in [3.63, 3.8) is 0 Å². The molecule has 0 aliphatic heterocycles. The summed E-state index contributed by atoms with van der Waals surface area (Å²) >= 11 is 0. The number of anilines is 2. The van der Waals surface area contributed by atoms with Gasteiger partial charge in [0, 0.05) is 6.04 Å². The van der Waals surface area contributed by atoms with E-state index in [0.29, 0.717) is 16.9 Å². The van der Waals surface area contributed by atoms with E-state index in [4.69, 9.17) is 0 Å². The minimum Gasteiger partial charge on any atom is -0.350 e. The average molecular weight is 466 g/mol. The Bertz CT molecular complexity index is 1220. The van der Waals surface area contributed by atoms with Crippen LogP contribution in [0.5, 0.6) is 0 Å². The van der Waals surface area contributed by atoms with Gasteiger partial charge in [-0.2, -0.15) is 0 Å². The monoisotopic (exact) mass is 465 g/mol. The summed E-state index contributed by atoms with van der Waals surface area (Å²) in [5.74, 6) is -0.895. The van der Waals surface area contributed by atoms with Crippen LogP contribution >= 0.6 is 0 Å². The van der Waals surface area contributed by atoms with Crippen LogP contribution in [0.25, 0.3) is 0 Å². The van der Waals surface area contributed by atoms with Gasteiger partial charge in [-0.1, -0.05) is 48.0 Å². The van der Waals surface area contributed by atoms with Crippen LogP contribution in [-0.4, -0.2) is 32.8 Å². The second kappa shape index (κ2) is 10.3. The molecule has 0 heterocycles. The number of nitrogens with one attached hydrogen (secondary N) is 2. The van der Waals surface area contributed by atoms with E-state index in [0.717, 1.165) is 9.87 Å². The maximum Gasteiger partial charge on any atom is 0.264 e. The number of hydrogen-bond acceptors (Lipinski definition) is 4. The first-order chi connectivity index (χ1) is 15.7. The molecule has 0 saturated heterocycles. The lowest BCUT2D eigenvalue weighted by Gasteiger charge is -2.24. The maximum atomic E-state index is 13.4. The van der Waals surface area contributed by atoms with Crippen LogP contribution < -0.4 is 14.9 Å². The van der Waals surface area contributed by atoms with Crippen LogP contribution in [0.2, 0.25) is 0 Å². The molecular formula is C25H27N3O4S. The van der Waals surface area contributed by atoms with Crippen molar-refractivity contribution in [1.29, 1.82) is 0 Å². The molecule has 0 saturated carbocycles. The number of nitrogens with zero attached hydrogens (tertiary/aromatic N) is 1. The third-order valence-corrected chi connectivity index (χ3v) is 6.59. The van der Waals surface area contributed by atoms with Gasteiger partial charge in [0.2, 0.25) is 5.91 Å². The molecule has 0 unspecified atom stereocenters. The SMILES string of the molecule is Cc1ccc(N(CC(=O)Nc2ccccc2C(=O)NC(C)C)S(=O)(=O)c2ccccc2)cc1. The molecule has 0 bridgehead atoms. The molecule has 2 N–H and O–H groups in total. The molecule has 3 aromatic carbocycles. The van der Waals surface area contributed by atoms with Gasteiger partial charge in [-0.15, -0.1) is 0 Å². The molecular weight excluding hydrogens is 438 g/mol. The van der Waals surface area contributed by atoms with Crippen LogP contribution in [0.4, 0.5) is 11.4 Å². The van der Waals surface area contributed by atoms with Crippen molar-refractivity contribution in [2.45, 2.75) is 31.7 Å². The summed E-state index contributed by atoms with van der Waals surface area (Å²) in [6.45, 7) is 5.12. The van der Waals surface area contributed by atoms with E-state index in [9.17, 15) is 18.0 Å². The molecule has 0 aromatic heterocycles. The minimum atomic E-state index is -4.00. The number of para-hydroxylation sites is 1. The van der Waals surface area contributed by atoms with Crippen molar-refractivity contribution in [1.82, 2.24) is 5.32 Å². The van der Waals surface area contributed by atoms with Gasteiger partial charge in [0.05, 0.1) is 21.8 Å². The number of benzene rings is 3. The van der Waals surface area contributed by atoms with E-state index in [1.165, 1.54) is 12.1 Å². The fourth-order valence-corrected chi connectivity index (χ4v) is 4.64. The Balaban J connectivity index is 1.91. The lowest BCUT2D eigenvalue weighted by atomic mass is 10.1. The number of hydrogen-bond donors (Lipinski definition) is 2. The van der Waals surface area contributed by atoms with E-state index in [1.54, 1.807) is 66.7 Å². The Morgan fingerprint density at radius 1 is 0.879 bits per heavy atom. The lowest BCUT2D eigenvalue weighted by Crippen LogP contribution is -2.38. The number of aryl methyl sites for hydroxylation is 1. The van der Waals surface area contributed by atoms with E-state index >= 15 is 0 Å². The molecule has 0 fully saturated rings. The van der Waals surface area contributed by atoms with Crippen LogP contribution in [-0.2, 0) is 14.8 Å². The van der Waals surface area contributed by atoms with Gasteiger partial charge in [0.15, 0.2) is 0 Å². The number of amides is 2. The van der Waals surface area contributed by atoms with Gasteiger partial charge < -0.3 is 10.6 Å². The summed E-state index contributed by atoms with van der Waals surface area (Å²) in [7, 11) is -4.00. The quantitative estimate of drug-likeness (QED) is 0.526. The second-order valence-electron chi connectivity index (χ2n) is 7.88. The topological polar surface area (TPSA) is 95.6 Å². The van der Waals surface area contributed by atoms with Gasteiger partial charge in [0.1, 0.15) is 6.54 Å². The Morgan fingerprint density at radius 2 is 1.48 bits per heavy atom. The van der Waals surface area contributed by atoms with E-state index in [-0.39, 0.29) is 16.8 Å². The molecule has 2 amide bonds. The van der Waals surface area contributed by atoms with Crippen LogP contribution in [0.3, 0.4) is 0 Å². The molecule has 3 aromatic rings. The van der Waals surface area contributed by atoms with Crippen LogP contribution in [0, 0.1) is 6.92 Å². The second-order valence-corrected chi connectivity index (χ2v) is 9.74. The predicted molar refractivity (Wildman–Crippen MR) is 130 cm³/mol. The first-order valence-electron chi connectivity index (χ1n) is 10.5. The molecule has 0 aliphatic rings. The minimum absolute atomic E-state index is 0.0747. The largest absolute Gasteiger partial charge is 0.350 e. The van der Waals surface area contributed by atoms with Gasteiger partial charge in [-0.25, -0.2) is 8.42 Å². The molecule has 172 valence electrons. The third-order valence-electron chi connectivity index (χ3n) is 4.81. The van der Waals surface area contributed by atoms with Crippen molar-refractivity contribution < 1.29 is 18.0 Å². The smallest absolute Gasteiger partial charge is 0.264 e. The molecule has 0 aliphatic carbocycles. The highest BCUT2D eigenvalue weighted by Gasteiger charge is 2.27. The highest BCUT2D eigenvalue weighted by molar-refractivity contribution is 7.92. The number of rotatable bonds is 8. The van der Waals surface area contributed by atoms with Gasteiger partial charge in [-0.3, -0.25) is 13.9 Å². The molecule has 3 rings (SSSR count). The van der Waals surface area contributed by atoms with E-state index in [1.807, 2.05) is 20.8 Å². The first-order valence-corrected chi connectivity index (χ1v) is 12.0. The number of sulfonamides is 1. The lowest BCUT2D eigenvalue weighted by molar-refractivity contribution is -0.114. The van der Waals surface area contributed by atoms with Crippen molar-refractivity contribution in [2.24, 2.45) is 0 Å². The Labute approximate surface area is 194 Å². The summed E-state index contributed by atoms with van der Waals surface area (Å²) in [5, 5.41) is 5.49. The van der Waals surface area contributed by atoms with Crippen molar-refractivity contribution in [2.75, 3.05) is 16.2 Å². The Hall–Kier alpha value is -3.65. The Kier molecular flexibility index (Phi) is 7.50. The molecule has 0 atom stereocenters. The highest BCUT2D eigenvalue weighted by Crippen LogP contribution is 2.24. The summed E-state index contributed by atoms with van der Waals surface area (Å²) in [5.41, 5.74) is 1.93. The zero-order valence-electron chi connectivity index (χ0n) is 18.8. The predicted octanol–water partition coefficient (Wildman–Crippen LogP) is 3.97. The van der Waals surface area contributed by atoms with Crippen LogP contribution in [0.15, 0.2) is 83.8 Å². The molecule has 0 radical (unpaired) electrons. The fourth-order valence-electron chi connectivity index (χ4n) is 3.20. The van der Waals surface area contributed by atoms with E-state index in [2.05, 4.69) is 10.6 Å². The summed E-state index contributed by atoms with van der Waals surface area (Å²) in [6, 6.07) is 21.4. The molecule has 0 spiro atoms. The van der Waals surface area contributed by atoms with Gasteiger partial charge >= 0.3 is 0 Å². The number of carbonyl (C=O) groups is 2.